The van der Waals surface area contributed by atoms with Gasteiger partial charge in [0.15, 0.2) is 11.5 Å². The van der Waals surface area contributed by atoms with Crippen molar-refractivity contribution in [1.29, 1.82) is 0 Å². The Morgan fingerprint density at radius 2 is 2.43 bits per heavy atom. The van der Waals surface area contributed by atoms with Crippen LogP contribution < -0.4 is 10.1 Å². The second-order valence-electron chi connectivity index (χ2n) is 2.83. The third kappa shape index (κ3) is 2.37. The standard InChI is InChI=1S/C10H15NO3/c1-11-6-9(13)7-3-4-8(12)10(5-7)14-2/h3-5,9,11-13H,6H2,1-2H3/i1D3. The molecule has 0 aliphatic carbocycles. The summed E-state index contributed by atoms with van der Waals surface area (Å²) in [6.07, 6.45) is -0.982. The zero-order chi connectivity index (χ0) is 13.1. The zero-order valence-electron chi connectivity index (χ0n) is 10.8. The number of benzene rings is 1. The van der Waals surface area contributed by atoms with E-state index in [2.05, 4.69) is 5.32 Å². The quantitative estimate of drug-likeness (QED) is 0.668. The van der Waals surface area contributed by atoms with Crippen LogP contribution in [0.15, 0.2) is 18.2 Å². The van der Waals surface area contributed by atoms with Crippen LogP contribution in [0.2, 0.25) is 0 Å². The van der Waals surface area contributed by atoms with Crippen LogP contribution in [0.3, 0.4) is 0 Å². The number of likely N-dealkylation sites (N-methyl/N-ethyl adjacent to an activating group) is 1. The number of aromatic hydroxyl groups is 1. The minimum atomic E-state index is -2.29. The first-order valence-electron chi connectivity index (χ1n) is 5.63. The van der Waals surface area contributed by atoms with Crippen molar-refractivity contribution in [1.82, 2.24) is 5.32 Å². The zero-order valence-corrected chi connectivity index (χ0v) is 7.82. The molecule has 0 radical (unpaired) electrons. The van der Waals surface area contributed by atoms with Crippen molar-refractivity contribution in [2.45, 2.75) is 6.10 Å². The van der Waals surface area contributed by atoms with E-state index in [1.54, 1.807) is 0 Å². The molecule has 0 aromatic heterocycles. The van der Waals surface area contributed by atoms with Crippen molar-refractivity contribution in [2.75, 3.05) is 20.6 Å². The molecule has 78 valence electrons. The Balaban J connectivity index is 2.72. The van der Waals surface area contributed by atoms with Gasteiger partial charge in [-0.25, -0.2) is 0 Å². The summed E-state index contributed by atoms with van der Waals surface area (Å²) < 4.78 is 25.7. The van der Waals surface area contributed by atoms with Crippen molar-refractivity contribution in [3.8, 4) is 11.5 Å². The van der Waals surface area contributed by atoms with Crippen molar-refractivity contribution in [3.05, 3.63) is 23.8 Å². The molecule has 0 saturated carbocycles. The first-order chi connectivity index (χ1) is 7.83. The topological polar surface area (TPSA) is 61.7 Å². The molecular weight excluding hydrogens is 182 g/mol. The lowest BCUT2D eigenvalue weighted by molar-refractivity contribution is 0.177. The molecule has 1 rings (SSSR count). The second kappa shape index (κ2) is 4.83. The Morgan fingerprint density at radius 1 is 1.64 bits per heavy atom. The summed E-state index contributed by atoms with van der Waals surface area (Å²) >= 11 is 0. The van der Waals surface area contributed by atoms with Gasteiger partial charge in [0.25, 0.3) is 0 Å². The number of hydrogen-bond acceptors (Lipinski definition) is 4. The summed E-state index contributed by atoms with van der Waals surface area (Å²) in [7, 11) is 1.39. The van der Waals surface area contributed by atoms with Gasteiger partial charge in [-0.3, -0.25) is 0 Å². The van der Waals surface area contributed by atoms with Gasteiger partial charge in [0.1, 0.15) is 0 Å². The molecule has 0 amide bonds. The second-order valence-corrected chi connectivity index (χ2v) is 2.83. The number of nitrogens with one attached hydrogen (secondary N) is 1. The average molecular weight is 200 g/mol. The van der Waals surface area contributed by atoms with E-state index in [1.807, 2.05) is 0 Å². The Morgan fingerprint density at radius 3 is 3.07 bits per heavy atom. The van der Waals surface area contributed by atoms with E-state index in [4.69, 9.17) is 8.85 Å². The van der Waals surface area contributed by atoms with E-state index >= 15 is 0 Å². The Kier molecular flexibility index (Phi) is 2.45. The largest absolute Gasteiger partial charge is 0.504 e. The van der Waals surface area contributed by atoms with Crippen molar-refractivity contribution >= 4 is 0 Å². The van der Waals surface area contributed by atoms with E-state index in [1.165, 1.54) is 25.3 Å². The van der Waals surface area contributed by atoms with Gasteiger partial charge in [0.2, 0.25) is 0 Å². The summed E-state index contributed by atoms with van der Waals surface area (Å²) in [5.41, 5.74) is 0.469. The molecule has 0 bridgehead atoms. The van der Waals surface area contributed by atoms with Gasteiger partial charge in [0, 0.05) is 10.7 Å². The number of phenols is 1. The summed E-state index contributed by atoms with van der Waals surface area (Å²) in [4.78, 5) is 0. The van der Waals surface area contributed by atoms with Crippen LogP contribution in [0, 0.1) is 0 Å². The van der Waals surface area contributed by atoms with E-state index < -0.39 is 13.1 Å². The van der Waals surface area contributed by atoms with Gasteiger partial charge in [0.05, 0.1) is 13.2 Å². The van der Waals surface area contributed by atoms with Crippen molar-refractivity contribution in [2.24, 2.45) is 0 Å². The number of aliphatic hydroxyl groups is 1. The molecule has 14 heavy (non-hydrogen) atoms. The first kappa shape index (κ1) is 7.09. The van der Waals surface area contributed by atoms with Gasteiger partial charge in [-0.15, -0.1) is 0 Å². The molecule has 1 aromatic rings. The molecule has 4 nitrogen and oxygen atoms in total. The summed E-state index contributed by atoms with van der Waals surface area (Å²) in [5.74, 6) is 0.197. The first-order valence-corrected chi connectivity index (χ1v) is 4.13. The number of phenolic OH excluding ortho intramolecular Hbond substituents is 1. The average Bonchev–Trinajstić information content (AvgIpc) is 2.25. The van der Waals surface area contributed by atoms with Gasteiger partial charge < -0.3 is 20.3 Å². The summed E-state index contributed by atoms with van der Waals surface area (Å²) in [5, 5.41) is 21.3. The Bertz CT molecular complexity index is 382. The molecule has 0 aliphatic rings. The van der Waals surface area contributed by atoms with Crippen LogP contribution in [0.25, 0.3) is 0 Å². The molecular formula is C10H15NO3. The smallest absolute Gasteiger partial charge is 0.160 e. The van der Waals surface area contributed by atoms with Crippen LogP contribution >= 0.6 is 0 Å². The minimum absolute atomic E-state index is 0.0350. The van der Waals surface area contributed by atoms with Gasteiger partial charge >= 0.3 is 0 Å². The summed E-state index contributed by atoms with van der Waals surface area (Å²) in [6.45, 7) is -2.40. The molecule has 0 fully saturated rings. The normalized spacial score (nSPS) is 16.6. The van der Waals surface area contributed by atoms with Gasteiger partial charge in [-0.2, -0.15) is 0 Å². The third-order valence-electron chi connectivity index (χ3n) is 1.88. The SMILES string of the molecule is [2H]C([2H])([2H])NCC(O)c1ccc(O)c(OC)c1. The molecule has 0 aliphatic heterocycles. The minimum Gasteiger partial charge on any atom is -0.504 e. The fraction of sp³-hybridized carbons (Fsp3) is 0.400. The lowest BCUT2D eigenvalue weighted by Crippen LogP contribution is -2.16. The fourth-order valence-corrected chi connectivity index (χ4v) is 1.12. The number of ether oxygens (including phenoxy) is 1. The summed E-state index contributed by atoms with van der Waals surface area (Å²) in [6, 6.07) is 4.34. The molecule has 1 aromatic carbocycles. The number of hydrogen-bond donors (Lipinski definition) is 3. The third-order valence-corrected chi connectivity index (χ3v) is 1.88. The number of rotatable bonds is 4. The lowest BCUT2D eigenvalue weighted by atomic mass is 10.1. The van der Waals surface area contributed by atoms with Crippen LogP contribution in [0.4, 0.5) is 0 Å². The predicted molar refractivity (Wildman–Crippen MR) is 53.5 cm³/mol. The number of methoxy groups -OCH3 is 1. The molecule has 0 spiro atoms. The highest BCUT2D eigenvalue weighted by atomic mass is 16.5. The lowest BCUT2D eigenvalue weighted by Gasteiger charge is -2.12. The van der Waals surface area contributed by atoms with Gasteiger partial charge in [-0.05, 0) is 24.7 Å². The van der Waals surface area contributed by atoms with Crippen molar-refractivity contribution < 1.29 is 19.1 Å². The fourth-order valence-electron chi connectivity index (χ4n) is 1.12. The van der Waals surface area contributed by atoms with Crippen LogP contribution in [0.5, 0.6) is 11.5 Å². The maximum Gasteiger partial charge on any atom is 0.160 e. The number of aliphatic hydroxyl groups excluding tert-OH is 1. The monoisotopic (exact) mass is 200 g/mol. The molecule has 3 N–H and O–H groups in total. The highest BCUT2D eigenvalue weighted by molar-refractivity contribution is 5.42. The molecule has 0 heterocycles. The van der Waals surface area contributed by atoms with Crippen LogP contribution in [0.1, 0.15) is 15.8 Å². The van der Waals surface area contributed by atoms with E-state index in [0.29, 0.717) is 5.56 Å². The van der Waals surface area contributed by atoms with Crippen LogP contribution in [-0.4, -0.2) is 30.8 Å². The van der Waals surface area contributed by atoms with E-state index in [0.717, 1.165) is 0 Å². The molecule has 1 atom stereocenters. The highest BCUT2D eigenvalue weighted by Gasteiger charge is 2.09. The molecule has 4 heteroatoms. The molecule has 1 unspecified atom stereocenters. The maximum atomic E-state index is 9.75. The van der Waals surface area contributed by atoms with Crippen LogP contribution in [-0.2, 0) is 0 Å². The molecule has 0 saturated heterocycles. The van der Waals surface area contributed by atoms with E-state index in [9.17, 15) is 10.2 Å². The Labute approximate surface area is 87.4 Å². The predicted octanol–water partition coefficient (Wildman–Crippen LogP) is 0.654. The van der Waals surface area contributed by atoms with Gasteiger partial charge in [-0.1, -0.05) is 6.07 Å². The maximum absolute atomic E-state index is 9.75. The Hall–Kier alpha value is -1.26. The highest BCUT2D eigenvalue weighted by Crippen LogP contribution is 2.28. The van der Waals surface area contributed by atoms with E-state index in [-0.39, 0.29) is 18.0 Å². The van der Waals surface area contributed by atoms with Crippen molar-refractivity contribution in [3.63, 3.8) is 0 Å².